The summed E-state index contributed by atoms with van der Waals surface area (Å²) in [4.78, 5) is 19.9. The smallest absolute Gasteiger partial charge is 0.341 e. The maximum Gasteiger partial charge on any atom is 0.341 e. The Morgan fingerprint density at radius 3 is 2.78 bits per heavy atom. The Hall–Kier alpha value is -2.83. The number of aliphatic imine (C=N–C) groups is 1. The molecule has 23 heavy (non-hydrogen) atoms. The third kappa shape index (κ3) is 4.57. The number of guanidine groups is 1. The van der Waals surface area contributed by atoms with Crippen molar-refractivity contribution in [3.63, 3.8) is 0 Å². The molecule has 2 N–H and O–H groups in total. The number of nitrogens with one attached hydrogen (secondary N) is 2. The van der Waals surface area contributed by atoms with Gasteiger partial charge in [0.1, 0.15) is 17.1 Å². The summed E-state index contributed by atoms with van der Waals surface area (Å²) in [5.41, 5.74) is 1.35. The van der Waals surface area contributed by atoms with E-state index in [1.54, 1.807) is 26.2 Å². The molecule has 0 fully saturated rings. The van der Waals surface area contributed by atoms with Gasteiger partial charge in [0.25, 0.3) is 0 Å². The number of carbonyl (C=O) groups excluding carboxylic acids is 1. The molecular formula is C16H20N4O3. The van der Waals surface area contributed by atoms with E-state index in [2.05, 4.69) is 20.6 Å². The van der Waals surface area contributed by atoms with Crippen LogP contribution in [0.15, 0.2) is 39.9 Å². The molecule has 0 atom stereocenters. The third-order valence-corrected chi connectivity index (χ3v) is 3.19. The van der Waals surface area contributed by atoms with Crippen LogP contribution < -0.4 is 10.6 Å². The Morgan fingerprint density at radius 1 is 1.35 bits per heavy atom. The van der Waals surface area contributed by atoms with Crippen molar-refractivity contribution >= 4 is 11.9 Å². The highest BCUT2D eigenvalue weighted by atomic mass is 16.5. The average Bonchev–Trinajstić information content (AvgIpc) is 2.96. The average molecular weight is 316 g/mol. The Bertz CT molecular complexity index is 680. The third-order valence-electron chi connectivity index (χ3n) is 3.19. The standard InChI is InChI=1S/C16H20N4O3/c1-11-14(15(21)22-3)8-13(23-11)10-20-16(17-2)19-9-12-6-4-5-7-18-12/h4-8H,9-10H2,1-3H3,(H2,17,19,20). The topological polar surface area (TPSA) is 88.8 Å². The van der Waals surface area contributed by atoms with Crippen LogP contribution in [0, 0.1) is 6.92 Å². The molecule has 0 amide bonds. The van der Waals surface area contributed by atoms with E-state index in [0.717, 1.165) is 5.69 Å². The first-order valence-corrected chi connectivity index (χ1v) is 7.16. The number of pyridine rings is 1. The van der Waals surface area contributed by atoms with Crippen LogP contribution in [-0.4, -0.2) is 31.1 Å². The lowest BCUT2D eigenvalue weighted by molar-refractivity contribution is 0.0599. The molecule has 0 aliphatic rings. The lowest BCUT2D eigenvalue weighted by Gasteiger charge is -2.10. The normalized spacial score (nSPS) is 11.2. The number of hydrogen-bond acceptors (Lipinski definition) is 5. The Morgan fingerprint density at radius 2 is 2.13 bits per heavy atom. The summed E-state index contributed by atoms with van der Waals surface area (Å²) in [5, 5.41) is 6.27. The van der Waals surface area contributed by atoms with Crippen LogP contribution in [0.2, 0.25) is 0 Å². The number of aromatic nitrogens is 1. The fourth-order valence-electron chi connectivity index (χ4n) is 2.01. The number of esters is 1. The van der Waals surface area contributed by atoms with Gasteiger partial charge in [-0.3, -0.25) is 9.98 Å². The van der Waals surface area contributed by atoms with Crippen molar-refractivity contribution in [2.45, 2.75) is 20.0 Å². The van der Waals surface area contributed by atoms with E-state index < -0.39 is 5.97 Å². The first-order chi connectivity index (χ1) is 11.1. The second-order valence-corrected chi connectivity index (χ2v) is 4.77. The highest BCUT2D eigenvalue weighted by Crippen LogP contribution is 2.15. The van der Waals surface area contributed by atoms with Gasteiger partial charge in [0.2, 0.25) is 0 Å². The number of rotatable bonds is 5. The Balaban J connectivity index is 1.89. The molecule has 0 spiro atoms. The SMILES string of the molecule is CN=C(NCc1ccccn1)NCc1cc(C(=O)OC)c(C)o1. The maximum atomic E-state index is 11.6. The van der Waals surface area contributed by atoms with Crippen molar-refractivity contribution in [3.8, 4) is 0 Å². The van der Waals surface area contributed by atoms with Crippen LogP contribution in [-0.2, 0) is 17.8 Å². The van der Waals surface area contributed by atoms with E-state index in [4.69, 9.17) is 9.15 Å². The van der Waals surface area contributed by atoms with Crippen LogP contribution in [0.5, 0.6) is 0 Å². The molecule has 7 heteroatoms. The molecule has 0 saturated heterocycles. The van der Waals surface area contributed by atoms with Gasteiger partial charge in [0.05, 0.1) is 25.9 Å². The zero-order valence-corrected chi connectivity index (χ0v) is 13.4. The van der Waals surface area contributed by atoms with Gasteiger partial charge in [0.15, 0.2) is 5.96 Å². The Labute approximate surface area is 134 Å². The number of nitrogens with zero attached hydrogens (tertiary/aromatic N) is 2. The quantitative estimate of drug-likeness (QED) is 0.495. The minimum Gasteiger partial charge on any atom is -0.465 e. The summed E-state index contributed by atoms with van der Waals surface area (Å²) >= 11 is 0. The van der Waals surface area contributed by atoms with Gasteiger partial charge in [-0.25, -0.2) is 4.79 Å². The van der Waals surface area contributed by atoms with Crippen molar-refractivity contribution in [1.29, 1.82) is 0 Å². The molecule has 0 unspecified atom stereocenters. The first-order valence-electron chi connectivity index (χ1n) is 7.16. The summed E-state index contributed by atoms with van der Waals surface area (Å²) in [6, 6.07) is 7.40. The van der Waals surface area contributed by atoms with Crippen LogP contribution in [0.1, 0.15) is 27.6 Å². The first kappa shape index (κ1) is 16.5. The number of aryl methyl sites for hydroxylation is 1. The van der Waals surface area contributed by atoms with E-state index >= 15 is 0 Å². The summed E-state index contributed by atoms with van der Waals surface area (Å²) in [7, 11) is 3.02. The molecule has 0 saturated carbocycles. The van der Waals surface area contributed by atoms with E-state index in [0.29, 0.717) is 36.1 Å². The van der Waals surface area contributed by atoms with E-state index in [-0.39, 0.29) is 0 Å². The van der Waals surface area contributed by atoms with Crippen LogP contribution in [0.25, 0.3) is 0 Å². The number of hydrogen-bond donors (Lipinski definition) is 2. The highest BCUT2D eigenvalue weighted by Gasteiger charge is 2.15. The number of carbonyl (C=O) groups is 1. The van der Waals surface area contributed by atoms with E-state index in [1.165, 1.54) is 7.11 Å². The highest BCUT2D eigenvalue weighted by molar-refractivity contribution is 5.90. The second kappa shape index (κ2) is 7.98. The minimum absolute atomic E-state index is 0.403. The molecule has 0 radical (unpaired) electrons. The predicted octanol–water partition coefficient (Wildman–Crippen LogP) is 1.63. The van der Waals surface area contributed by atoms with Gasteiger partial charge >= 0.3 is 5.97 Å². The fourth-order valence-corrected chi connectivity index (χ4v) is 2.01. The molecule has 0 bridgehead atoms. The molecular weight excluding hydrogens is 296 g/mol. The lowest BCUT2D eigenvalue weighted by Crippen LogP contribution is -2.36. The molecule has 0 aromatic carbocycles. The van der Waals surface area contributed by atoms with Gasteiger partial charge in [-0.05, 0) is 25.1 Å². The summed E-state index contributed by atoms with van der Waals surface area (Å²) < 4.78 is 10.2. The van der Waals surface area contributed by atoms with E-state index in [9.17, 15) is 4.79 Å². The van der Waals surface area contributed by atoms with Crippen molar-refractivity contribution in [2.24, 2.45) is 4.99 Å². The zero-order valence-electron chi connectivity index (χ0n) is 13.4. The molecule has 0 aliphatic heterocycles. The van der Waals surface area contributed by atoms with Crippen molar-refractivity contribution in [2.75, 3.05) is 14.2 Å². The molecule has 2 aromatic heterocycles. The van der Waals surface area contributed by atoms with Crippen molar-refractivity contribution in [3.05, 3.63) is 53.2 Å². The number of furan rings is 1. The summed E-state index contributed by atoms with van der Waals surface area (Å²) in [6.07, 6.45) is 1.74. The molecule has 2 heterocycles. The van der Waals surface area contributed by atoms with Crippen molar-refractivity contribution < 1.29 is 13.9 Å². The zero-order chi connectivity index (χ0) is 16.7. The molecule has 0 aliphatic carbocycles. The lowest BCUT2D eigenvalue weighted by atomic mass is 10.2. The molecule has 122 valence electrons. The van der Waals surface area contributed by atoms with Crippen LogP contribution in [0.3, 0.4) is 0 Å². The van der Waals surface area contributed by atoms with Crippen molar-refractivity contribution in [1.82, 2.24) is 15.6 Å². The van der Waals surface area contributed by atoms with Gasteiger partial charge in [-0.15, -0.1) is 0 Å². The van der Waals surface area contributed by atoms with Gasteiger partial charge in [0, 0.05) is 13.2 Å². The second-order valence-electron chi connectivity index (χ2n) is 4.77. The van der Waals surface area contributed by atoms with Crippen LogP contribution >= 0.6 is 0 Å². The molecule has 7 nitrogen and oxygen atoms in total. The minimum atomic E-state index is -0.407. The Kier molecular flexibility index (Phi) is 5.74. The van der Waals surface area contributed by atoms with Gasteiger partial charge in [-0.1, -0.05) is 6.07 Å². The monoisotopic (exact) mass is 316 g/mol. The largest absolute Gasteiger partial charge is 0.465 e. The summed E-state index contributed by atoms with van der Waals surface area (Å²) in [6.45, 7) is 2.69. The van der Waals surface area contributed by atoms with Crippen LogP contribution in [0.4, 0.5) is 0 Å². The maximum absolute atomic E-state index is 11.6. The molecule has 2 aromatic rings. The molecule has 2 rings (SSSR count). The predicted molar refractivity (Wildman–Crippen MR) is 86.1 cm³/mol. The number of ether oxygens (including phenoxy) is 1. The fraction of sp³-hybridized carbons (Fsp3) is 0.312. The van der Waals surface area contributed by atoms with E-state index in [1.807, 2.05) is 18.2 Å². The van der Waals surface area contributed by atoms with Gasteiger partial charge < -0.3 is 19.8 Å². The number of methoxy groups -OCH3 is 1. The summed E-state index contributed by atoms with van der Waals surface area (Å²) in [5.74, 6) is 1.37. The van der Waals surface area contributed by atoms with Gasteiger partial charge in [-0.2, -0.15) is 0 Å².